The molecule has 1 aliphatic carbocycles. The van der Waals surface area contributed by atoms with Gasteiger partial charge in [0.25, 0.3) is 0 Å². The molecule has 2 atom stereocenters. The molecule has 0 aromatic heterocycles. The Morgan fingerprint density at radius 3 is 2.64 bits per heavy atom. The number of aliphatic hydroxyl groups excluding tert-OH is 1. The highest BCUT2D eigenvalue weighted by Gasteiger charge is 2.52. The molecule has 2 aliphatic rings. The number of rotatable bonds is 1. The number of carbonyl (C=O) groups is 1. The summed E-state index contributed by atoms with van der Waals surface area (Å²) in [6, 6.07) is 0. The molecule has 2 fully saturated rings. The summed E-state index contributed by atoms with van der Waals surface area (Å²) >= 11 is 0. The van der Waals surface area contributed by atoms with Crippen LogP contribution in [0.4, 0.5) is 0 Å². The molecule has 0 radical (unpaired) electrons. The Labute approximate surface area is 85.1 Å². The van der Waals surface area contributed by atoms with Gasteiger partial charge in [-0.15, -0.1) is 0 Å². The fraction of sp³-hybridized carbons (Fsp3) is 0.909. The van der Waals surface area contributed by atoms with Gasteiger partial charge in [0.15, 0.2) is 0 Å². The van der Waals surface area contributed by atoms with Crippen LogP contribution in [0.3, 0.4) is 0 Å². The van der Waals surface area contributed by atoms with E-state index in [4.69, 9.17) is 0 Å². The summed E-state index contributed by atoms with van der Waals surface area (Å²) < 4.78 is 0. The van der Waals surface area contributed by atoms with Crippen molar-refractivity contribution in [3.63, 3.8) is 0 Å². The summed E-state index contributed by atoms with van der Waals surface area (Å²) in [6.45, 7) is 5.65. The van der Waals surface area contributed by atoms with Crippen molar-refractivity contribution in [2.45, 2.75) is 39.2 Å². The van der Waals surface area contributed by atoms with E-state index in [2.05, 4.69) is 13.8 Å². The molecular weight excluding hydrogens is 178 g/mol. The molecule has 2 unspecified atom stereocenters. The number of carbonyl (C=O) groups excluding carboxylic acids is 1. The van der Waals surface area contributed by atoms with Gasteiger partial charge < -0.3 is 10.0 Å². The molecule has 1 saturated heterocycles. The molecule has 1 amide bonds. The topological polar surface area (TPSA) is 40.5 Å². The maximum absolute atomic E-state index is 11.9. The minimum Gasteiger partial charge on any atom is -0.391 e. The number of nitrogens with zero attached hydrogens (tertiary/aromatic N) is 1. The SMILES string of the molecule is CC1(C)CC1C(=O)N1CCCC(O)C1. The Bertz CT molecular complexity index is 250. The van der Waals surface area contributed by atoms with Crippen LogP contribution < -0.4 is 0 Å². The van der Waals surface area contributed by atoms with E-state index < -0.39 is 0 Å². The largest absolute Gasteiger partial charge is 0.391 e. The van der Waals surface area contributed by atoms with Gasteiger partial charge in [0, 0.05) is 19.0 Å². The van der Waals surface area contributed by atoms with Crippen LogP contribution >= 0.6 is 0 Å². The van der Waals surface area contributed by atoms with E-state index >= 15 is 0 Å². The smallest absolute Gasteiger partial charge is 0.226 e. The first kappa shape index (κ1) is 9.97. The lowest BCUT2D eigenvalue weighted by molar-refractivity contribution is -0.136. The maximum Gasteiger partial charge on any atom is 0.226 e. The monoisotopic (exact) mass is 197 g/mol. The van der Waals surface area contributed by atoms with Gasteiger partial charge in [-0.1, -0.05) is 13.8 Å². The molecule has 14 heavy (non-hydrogen) atoms. The van der Waals surface area contributed by atoms with Gasteiger partial charge in [0.05, 0.1) is 6.10 Å². The third kappa shape index (κ3) is 1.78. The number of aliphatic hydroxyl groups is 1. The van der Waals surface area contributed by atoms with Crippen molar-refractivity contribution in [1.29, 1.82) is 0 Å². The van der Waals surface area contributed by atoms with Crippen molar-refractivity contribution < 1.29 is 9.90 Å². The van der Waals surface area contributed by atoms with E-state index in [-0.39, 0.29) is 23.3 Å². The highest BCUT2D eigenvalue weighted by Crippen LogP contribution is 2.52. The van der Waals surface area contributed by atoms with Crippen molar-refractivity contribution in [1.82, 2.24) is 4.90 Å². The lowest BCUT2D eigenvalue weighted by Crippen LogP contribution is -2.43. The number of hydrogen-bond donors (Lipinski definition) is 1. The van der Waals surface area contributed by atoms with E-state index in [0.717, 1.165) is 25.8 Å². The fourth-order valence-corrected chi connectivity index (χ4v) is 2.26. The summed E-state index contributed by atoms with van der Waals surface area (Å²) in [7, 11) is 0. The molecule has 3 nitrogen and oxygen atoms in total. The average molecular weight is 197 g/mol. The first-order valence-corrected chi connectivity index (χ1v) is 5.47. The Hall–Kier alpha value is -0.570. The van der Waals surface area contributed by atoms with Crippen molar-refractivity contribution in [3.05, 3.63) is 0 Å². The molecular formula is C11H19NO2. The summed E-state index contributed by atoms with van der Waals surface area (Å²) in [6.07, 6.45) is 2.51. The van der Waals surface area contributed by atoms with Crippen LogP contribution in [0.1, 0.15) is 33.1 Å². The third-order valence-corrected chi connectivity index (χ3v) is 3.52. The molecule has 2 rings (SSSR count). The average Bonchev–Trinajstić information content (AvgIpc) is 2.74. The van der Waals surface area contributed by atoms with E-state index in [1.807, 2.05) is 4.90 Å². The van der Waals surface area contributed by atoms with Crippen LogP contribution in [0.5, 0.6) is 0 Å². The number of likely N-dealkylation sites (tertiary alicyclic amines) is 1. The molecule has 3 heteroatoms. The van der Waals surface area contributed by atoms with Crippen LogP contribution in [0.2, 0.25) is 0 Å². The minimum absolute atomic E-state index is 0.208. The second-order valence-corrected chi connectivity index (χ2v) is 5.33. The molecule has 0 aromatic carbocycles. The molecule has 80 valence electrons. The molecule has 1 saturated carbocycles. The van der Waals surface area contributed by atoms with Gasteiger partial charge in [0.1, 0.15) is 0 Å². The normalized spacial score (nSPS) is 35.5. The summed E-state index contributed by atoms with van der Waals surface area (Å²) in [5.74, 6) is 0.474. The Balaban J connectivity index is 1.92. The zero-order valence-electron chi connectivity index (χ0n) is 8.99. The fourth-order valence-electron chi connectivity index (χ4n) is 2.26. The second kappa shape index (κ2) is 3.23. The van der Waals surface area contributed by atoms with Gasteiger partial charge in [-0.25, -0.2) is 0 Å². The summed E-state index contributed by atoms with van der Waals surface area (Å²) in [4.78, 5) is 13.8. The number of piperidine rings is 1. The summed E-state index contributed by atoms with van der Waals surface area (Å²) in [5, 5.41) is 9.47. The van der Waals surface area contributed by atoms with Gasteiger partial charge in [0.2, 0.25) is 5.91 Å². The quantitative estimate of drug-likeness (QED) is 0.681. The van der Waals surface area contributed by atoms with Crippen molar-refractivity contribution in [3.8, 4) is 0 Å². The Kier molecular flexibility index (Phi) is 2.30. The van der Waals surface area contributed by atoms with E-state index in [0.29, 0.717) is 6.54 Å². The Morgan fingerprint density at radius 1 is 1.50 bits per heavy atom. The molecule has 0 aromatic rings. The molecule has 0 spiro atoms. The molecule has 0 bridgehead atoms. The maximum atomic E-state index is 11.9. The molecule has 1 aliphatic heterocycles. The van der Waals surface area contributed by atoms with Crippen LogP contribution in [0.25, 0.3) is 0 Å². The van der Waals surface area contributed by atoms with Crippen molar-refractivity contribution >= 4 is 5.91 Å². The third-order valence-electron chi connectivity index (χ3n) is 3.52. The first-order valence-electron chi connectivity index (χ1n) is 5.47. The van der Waals surface area contributed by atoms with Crippen LogP contribution in [0.15, 0.2) is 0 Å². The summed E-state index contributed by atoms with van der Waals surface area (Å²) in [5.41, 5.74) is 0.208. The van der Waals surface area contributed by atoms with Crippen LogP contribution in [-0.2, 0) is 4.79 Å². The van der Waals surface area contributed by atoms with E-state index in [9.17, 15) is 9.90 Å². The van der Waals surface area contributed by atoms with Gasteiger partial charge in [-0.05, 0) is 24.7 Å². The van der Waals surface area contributed by atoms with Crippen LogP contribution in [0, 0.1) is 11.3 Å². The van der Waals surface area contributed by atoms with Crippen LogP contribution in [-0.4, -0.2) is 35.1 Å². The Morgan fingerprint density at radius 2 is 2.14 bits per heavy atom. The molecule has 1 heterocycles. The first-order chi connectivity index (χ1) is 6.50. The second-order valence-electron chi connectivity index (χ2n) is 5.33. The van der Waals surface area contributed by atoms with Gasteiger partial charge in [-0.3, -0.25) is 4.79 Å². The zero-order chi connectivity index (χ0) is 10.3. The number of hydrogen-bond acceptors (Lipinski definition) is 2. The van der Waals surface area contributed by atoms with E-state index in [1.165, 1.54) is 0 Å². The lowest BCUT2D eigenvalue weighted by Gasteiger charge is -2.30. The minimum atomic E-state index is -0.297. The molecule has 1 N–H and O–H groups in total. The highest BCUT2D eigenvalue weighted by atomic mass is 16.3. The van der Waals surface area contributed by atoms with Crippen molar-refractivity contribution in [2.75, 3.05) is 13.1 Å². The number of amides is 1. The van der Waals surface area contributed by atoms with Gasteiger partial charge in [-0.2, -0.15) is 0 Å². The van der Waals surface area contributed by atoms with Crippen molar-refractivity contribution in [2.24, 2.45) is 11.3 Å². The lowest BCUT2D eigenvalue weighted by atomic mass is 10.1. The van der Waals surface area contributed by atoms with E-state index in [1.54, 1.807) is 0 Å². The van der Waals surface area contributed by atoms with Gasteiger partial charge >= 0.3 is 0 Å². The zero-order valence-corrected chi connectivity index (χ0v) is 8.99. The predicted molar refractivity (Wildman–Crippen MR) is 53.7 cm³/mol. The predicted octanol–water partition coefficient (Wildman–Crippen LogP) is 1.02. The number of β-amino-alcohol motifs (C(OH)–C–C–N with tert-alkyl or cyclic N) is 1. The standard InChI is InChI=1S/C11H19NO2/c1-11(2)6-9(11)10(14)12-5-3-4-8(13)7-12/h8-9,13H,3-7H2,1-2H3. The highest BCUT2D eigenvalue weighted by molar-refractivity contribution is 5.82.